The molecule has 0 radical (unpaired) electrons. The molecule has 1 saturated carbocycles. The standard InChI is InChI=1S/C23H46/c1-5-22(3,6-2)23(4)20-18-16-14-12-10-8-7-9-11-13-15-17-19-21-23/h5-21H2,1-4H3. The van der Waals surface area contributed by atoms with Crippen LogP contribution in [-0.2, 0) is 0 Å². The number of hydrogen-bond acceptors (Lipinski definition) is 0. The zero-order chi connectivity index (χ0) is 17.0. The quantitative estimate of drug-likeness (QED) is 0.487. The molecule has 1 aliphatic carbocycles. The molecule has 0 amide bonds. The molecule has 0 N–H and O–H groups in total. The van der Waals surface area contributed by atoms with Crippen molar-refractivity contribution < 1.29 is 0 Å². The highest BCUT2D eigenvalue weighted by Crippen LogP contribution is 2.51. The maximum atomic E-state index is 2.63. The molecule has 0 bridgehead atoms. The second-order valence-electron chi connectivity index (χ2n) is 8.92. The van der Waals surface area contributed by atoms with Crippen molar-refractivity contribution in [3.05, 3.63) is 0 Å². The molecule has 0 saturated heterocycles. The second-order valence-corrected chi connectivity index (χ2v) is 8.92. The lowest BCUT2D eigenvalue weighted by Crippen LogP contribution is -2.37. The first-order valence-electron chi connectivity index (χ1n) is 11.1. The van der Waals surface area contributed by atoms with Gasteiger partial charge in [-0.15, -0.1) is 0 Å². The largest absolute Gasteiger partial charge is 0.0648 e. The normalized spacial score (nSPS) is 23.5. The topological polar surface area (TPSA) is 0 Å². The maximum absolute atomic E-state index is 2.63. The number of rotatable bonds is 3. The minimum Gasteiger partial charge on any atom is -0.0648 e. The smallest absolute Gasteiger partial charge is 0.0272 e. The van der Waals surface area contributed by atoms with Crippen molar-refractivity contribution in [3.8, 4) is 0 Å². The van der Waals surface area contributed by atoms with Crippen LogP contribution in [0, 0.1) is 10.8 Å². The van der Waals surface area contributed by atoms with E-state index in [1.807, 2.05) is 0 Å². The highest BCUT2D eigenvalue weighted by molar-refractivity contribution is 4.91. The summed E-state index contributed by atoms with van der Waals surface area (Å²) in [6.07, 6.45) is 24.8. The third kappa shape index (κ3) is 7.18. The number of hydrogen-bond donors (Lipinski definition) is 0. The second kappa shape index (κ2) is 11.5. The lowest BCUT2D eigenvalue weighted by Gasteiger charge is -2.47. The molecule has 0 spiro atoms. The van der Waals surface area contributed by atoms with Crippen molar-refractivity contribution in [2.75, 3.05) is 0 Å². The first kappa shape index (κ1) is 21.0. The monoisotopic (exact) mass is 322 g/mol. The molecule has 1 aliphatic rings. The third-order valence-corrected chi connectivity index (χ3v) is 7.47. The van der Waals surface area contributed by atoms with Crippen LogP contribution < -0.4 is 0 Å². The maximum Gasteiger partial charge on any atom is -0.0272 e. The third-order valence-electron chi connectivity index (χ3n) is 7.47. The first-order chi connectivity index (χ1) is 11.1. The molecule has 138 valence electrons. The van der Waals surface area contributed by atoms with E-state index in [2.05, 4.69) is 27.7 Å². The van der Waals surface area contributed by atoms with Crippen molar-refractivity contribution in [2.45, 2.75) is 137 Å². The molecule has 0 heterocycles. The average Bonchev–Trinajstić information content (AvgIpc) is 2.56. The van der Waals surface area contributed by atoms with Crippen molar-refractivity contribution >= 4 is 0 Å². The molecule has 0 aromatic rings. The van der Waals surface area contributed by atoms with E-state index in [0.717, 1.165) is 0 Å². The van der Waals surface area contributed by atoms with Crippen LogP contribution in [0.2, 0.25) is 0 Å². The Balaban J connectivity index is 2.59. The summed E-state index contributed by atoms with van der Waals surface area (Å²) in [5.41, 5.74) is 1.10. The van der Waals surface area contributed by atoms with E-state index < -0.39 is 0 Å². The fraction of sp³-hybridized carbons (Fsp3) is 1.00. The van der Waals surface area contributed by atoms with E-state index in [4.69, 9.17) is 0 Å². The van der Waals surface area contributed by atoms with Gasteiger partial charge in [0.1, 0.15) is 0 Å². The summed E-state index contributed by atoms with van der Waals surface area (Å²) < 4.78 is 0. The highest BCUT2D eigenvalue weighted by Gasteiger charge is 2.40. The predicted octanol–water partition coefficient (Wildman–Crippen LogP) is 8.68. The lowest BCUT2D eigenvalue weighted by atomic mass is 9.58. The molecule has 1 fully saturated rings. The van der Waals surface area contributed by atoms with E-state index in [-0.39, 0.29) is 0 Å². The SMILES string of the molecule is CCC(C)(CC)C1(C)CCCCCCCCCCCCCCC1. The summed E-state index contributed by atoms with van der Waals surface area (Å²) in [5.74, 6) is 0. The van der Waals surface area contributed by atoms with Gasteiger partial charge >= 0.3 is 0 Å². The van der Waals surface area contributed by atoms with Gasteiger partial charge in [-0.05, 0) is 23.7 Å². The summed E-state index contributed by atoms with van der Waals surface area (Å²) in [6, 6.07) is 0. The molecule has 23 heavy (non-hydrogen) atoms. The van der Waals surface area contributed by atoms with Gasteiger partial charge in [-0.1, -0.05) is 124 Å². The summed E-state index contributed by atoms with van der Waals surface area (Å²) in [5, 5.41) is 0. The van der Waals surface area contributed by atoms with Crippen LogP contribution in [0.4, 0.5) is 0 Å². The van der Waals surface area contributed by atoms with Gasteiger partial charge in [0, 0.05) is 0 Å². The van der Waals surface area contributed by atoms with E-state index in [1.165, 1.54) is 109 Å². The molecule has 0 aromatic carbocycles. The van der Waals surface area contributed by atoms with Crippen LogP contribution in [0.25, 0.3) is 0 Å². The van der Waals surface area contributed by atoms with E-state index in [9.17, 15) is 0 Å². The Morgan fingerprint density at radius 1 is 0.565 bits per heavy atom. The molecule has 1 rings (SSSR count). The van der Waals surface area contributed by atoms with Crippen molar-refractivity contribution in [1.29, 1.82) is 0 Å². The zero-order valence-corrected chi connectivity index (χ0v) is 17.0. The van der Waals surface area contributed by atoms with Gasteiger partial charge in [0.25, 0.3) is 0 Å². The van der Waals surface area contributed by atoms with Crippen LogP contribution in [0.3, 0.4) is 0 Å². The van der Waals surface area contributed by atoms with Gasteiger partial charge in [0.15, 0.2) is 0 Å². The van der Waals surface area contributed by atoms with Crippen LogP contribution in [0.15, 0.2) is 0 Å². The highest BCUT2D eigenvalue weighted by atomic mass is 14.5. The fourth-order valence-electron chi connectivity index (χ4n) is 4.81. The molecule has 0 aliphatic heterocycles. The van der Waals surface area contributed by atoms with Crippen LogP contribution in [0.1, 0.15) is 137 Å². The van der Waals surface area contributed by atoms with Gasteiger partial charge in [0.2, 0.25) is 0 Å². The fourth-order valence-corrected chi connectivity index (χ4v) is 4.81. The minimum atomic E-state index is 0.540. The Labute approximate surface area is 148 Å². The summed E-state index contributed by atoms with van der Waals surface area (Å²) >= 11 is 0. The first-order valence-corrected chi connectivity index (χ1v) is 11.1. The predicted molar refractivity (Wildman–Crippen MR) is 106 cm³/mol. The van der Waals surface area contributed by atoms with E-state index in [0.29, 0.717) is 10.8 Å². The van der Waals surface area contributed by atoms with Crippen molar-refractivity contribution in [3.63, 3.8) is 0 Å². The minimum absolute atomic E-state index is 0.540. The van der Waals surface area contributed by atoms with Crippen LogP contribution in [0.5, 0.6) is 0 Å². The van der Waals surface area contributed by atoms with Crippen molar-refractivity contribution in [1.82, 2.24) is 0 Å². The lowest BCUT2D eigenvalue weighted by molar-refractivity contribution is 0.0346. The molecule has 0 unspecified atom stereocenters. The molecular formula is C23H46. The Hall–Kier alpha value is 0. The van der Waals surface area contributed by atoms with Gasteiger partial charge in [-0.2, -0.15) is 0 Å². The van der Waals surface area contributed by atoms with E-state index >= 15 is 0 Å². The summed E-state index contributed by atoms with van der Waals surface area (Å²) in [6.45, 7) is 10.1. The van der Waals surface area contributed by atoms with E-state index in [1.54, 1.807) is 0 Å². The van der Waals surface area contributed by atoms with Crippen LogP contribution >= 0.6 is 0 Å². The molecule has 0 nitrogen and oxygen atoms in total. The van der Waals surface area contributed by atoms with Gasteiger partial charge in [-0.3, -0.25) is 0 Å². The van der Waals surface area contributed by atoms with Gasteiger partial charge in [0.05, 0.1) is 0 Å². The van der Waals surface area contributed by atoms with Crippen molar-refractivity contribution in [2.24, 2.45) is 10.8 Å². The molecular weight excluding hydrogens is 276 g/mol. The van der Waals surface area contributed by atoms with Gasteiger partial charge in [-0.25, -0.2) is 0 Å². The van der Waals surface area contributed by atoms with Gasteiger partial charge < -0.3 is 0 Å². The molecule has 0 aromatic heterocycles. The summed E-state index contributed by atoms with van der Waals surface area (Å²) in [4.78, 5) is 0. The summed E-state index contributed by atoms with van der Waals surface area (Å²) in [7, 11) is 0. The Morgan fingerprint density at radius 3 is 1.09 bits per heavy atom. The molecule has 0 heteroatoms. The Morgan fingerprint density at radius 2 is 0.826 bits per heavy atom. The zero-order valence-electron chi connectivity index (χ0n) is 17.0. The average molecular weight is 323 g/mol. The Bertz CT molecular complexity index is 258. The van der Waals surface area contributed by atoms with Crippen LogP contribution in [-0.4, -0.2) is 0 Å². The Kier molecular flexibility index (Phi) is 10.6. The molecule has 0 atom stereocenters.